The van der Waals surface area contributed by atoms with Crippen molar-refractivity contribution in [1.29, 1.82) is 5.41 Å². The lowest BCUT2D eigenvalue weighted by atomic mass is 9.86. The number of benzene rings is 1. The normalized spacial score (nSPS) is 26.1. The van der Waals surface area contributed by atoms with Crippen molar-refractivity contribution in [3.8, 4) is 0 Å². The number of rotatable bonds is 2. The second-order valence-electron chi connectivity index (χ2n) is 6.53. The average Bonchev–Trinajstić information content (AvgIpc) is 2.53. The van der Waals surface area contributed by atoms with Gasteiger partial charge in [0.05, 0.1) is 12.0 Å². The molecule has 0 saturated carbocycles. The largest absolute Gasteiger partial charge is 0.372 e. The van der Waals surface area contributed by atoms with Crippen LogP contribution in [0.15, 0.2) is 24.3 Å². The number of nitrogens with one attached hydrogen (secondary N) is 2. The minimum absolute atomic E-state index is 0.0189. The van der Waals surface area contributed by atoms with E-state index in [0.29, 0.717) is 6.42 Å². The van der Waals surface area contributed by atoms with E-state index in [0.717, 1.165) is 18.7 Å². The highest BCUT2D eigenvalue weighted by Crippen LogP contribution is 2.31. The summed E-state index contributed by atoms with van der Waals surface area (Å²) in [5.41, 5.74) is 1.78. The van der Waals surface area contributed by atoms with Crippen LogP contribution in [0.25, 0.3) is 0 Å². The third-order valence-corrected chi connectivity index (χ3v) is 4.81. The maximum absolute atomic E-state index is 12.1. The zero-order valence-corrected chi connectivity index (χ0v) is 13.4. The van der Waals surface area contributed by atoms with E-state index < -0.39 is 5.54 Å². The van der Waals surface area contributed by atoms with Crippen LogP contribution in [0.5, 0.6) is 0 Å². The Balaban J connectivity index is 1.87. The van der Waals surface area contributed by atoms with Gasteiger partial charge in [-0.1, -0.05) is 12.1 Å². The number of anilines is 1. The highest BCUT2D eigenvalue weighted by Gasteiger charge is 2.38. The van der Waals surface area contributed by atoms with E-state index in [-0.39, 0.29) is 11.9 Å². The van der Waals surface area contributed by atoms with Crippen LogP contribution in [0.3, 0.4) is 0 Å². The molecule has 2 N–H and O–H groups in total. The first-order valence-corrected chi connectivity index (χ1v) is 7.98. The Hall–Kier alpha value is -2.04. The first-order valence-electron chi connectivity index (χ1n) is 7.98. The Morgan fingerprint density at radius 2 is 1.95 bits per heavy atom. The Morgan fingerprint density at radius 1 is 1.23 bits per heavy atom. The van der Waals surface area contributed by atoms with Gasteiger partial charge in [-0.05, 0) is 43.9 Å². The fourth-order valence-corrected chi connectivity index (χ4v) is 3.31. The number of carbonyl (C=O) groups is 1. The van der Waals surface area contributed by atoms with Crippen LogP contribution < -0.4 is 10.2 Å². The molecule has 2 saturated heterocycles. The smallest absolute Gasteiger partial charge is 0.231 e. The summed E-state index contributed by atoms with van der Waals surface area (Å²) in [6.07, 6.45) is 4.17. The summed E-state index contributed by atoms with van der Waals surface area (Å²) in [5, 5.41) is 11.2. The van der Waals surface area contributed by atoms with E-state index in [1.807, 2.05) is 13.0 Å². The monoisotopic (exact) mass is 300 g/mol. The van der Waals surface area contributed by atoms with Gasteiger partial charge in [-0.15, -0.1) is 0 Å². The Labute approximate surface area is 131 Å². The van der Waals surface area contributed by atoms with Gasteiger partial charge in [0.2, 0.25) is 5.91 Å². The van der Waals surface area contributed by atoms with E-state index in [1.54, 1.807) is 7.05 Å². The number of amides is 1. The van der Waals surface area contributed by atoms with E-state index in [9.17, 15) is 4.79 Å². The van der Waals surface area contributed by atoms with Crippen molar-refractivity contribution in [2.75, 3.05) is 25.0 Å². The second-order valence-corrected chi connectivity index (χ2v) is 6.53. The number of carbonyl (C=O) groups excluding carboxylic acids is 1. The van der Waals surface area contributed by atoms with Crippen LogP contribution in [0.1, 0.15) is 38.2 Å². The fourth-order valence-electron chi connectivity index (χ4n) is 3.31. The minimum Gasteiger partial charge on any atom is -0.372 e. The second kappa shape index (κ2) is 5.63. The van der Waals surface area contributed by atoms with Gasteiger partial charge in [0.15, 0.2) is 5.96 Å². The van der Waals surface area contributed by atoms with Crippen molar-refractivity contribution >= 4 is 17.6 Å². The van der Waals surface area contributed by atoms with Gasteiger partial charge in [-0.25, -0.2) is 0 Å². The summed E-state index contributed by atoms with van der Waals surface area (Å²) in [6, 6.07) is 8.41. The summed E-state index contributed by atoms with van der Waals surface area (Å²) in [4.78, 5) is 15.9. The zero-order chi connectivity index (χ0) is 15.7. The van der Waals surface area contributed by atoms with E-state index >= 15 is 0 Å². The van der Waals surface area contributed by atoms with Crippen molar-refractivity contribution < 1.29 is 4.79 Å². The maximum atomic E-state index is 12.1. The lowest BCUT2D eigenvalue weighted by Crippen LogP contribution is -2.58. The first-order chi connectivity index (χ1) is 10.5. The summed E-state index contributed by atoms with van der Waals surface area (Å²) in [7, 11) is 1.64. The van der Waals surface area contributed by atoms with Crippen LogP contribution in [0.4, 0.5) is 5.69 Å². The predicted molar refractivity (Wildman–Crippen MR) is 88.1 cm³/mol. The highest BCUT2D eigenvalue weighted by atomic mass is 16.2. The third kappa shape index (κ3) is 2.67. The third-order valence-electron chi connectivity index (χ3n) is 4.81. The molecule has 2 heterocycles. The number of hydrogen-bond acceptors (Lipinski definition) is 3. The van der Waals surface area contributed by atoms with E-state index in [2.05, 4.69) is 28.4 Å². The molecule has 1 aromatic carbocycles. The molecule has 0 unspecified atom stereocenters. The lowest BCUT2D eigenvalue weighted by molar-refractivity contribution is -0.129. The molecule has 1 atom stereocenters. The molecule has 0 radical (unpaired) electrons. The molecule has 22 heavy (non-hydrogen) atoms. The van der Waals surface area contributed by atoms with Crippen molar-refractivity contribution in [3.63, 3.8) is 0 Å². The molecule has 0 bridgehead atoms. The molecule has 1 amide bonds. The van der Waals surface area contributed by atoms with Gasteiger partial charge in [0.1, 0.15) is 0 Å². The van der Waals surface area contributed by atoms with Crippen LogP contribution in [-0.2, 0) is 10.3 Å². The Morgan fingerprint density at radius 3 is 2.64 bits per heavy atom. The number of piperidine rings is 1. The van der Waals surface area contributed by atoms with Gasteiger partial charge in [-0.3, -0.25) is 15.1 Å². The van der Waals surface area contributed by atoms with Crippen LogP contribution in [0.2, 0.25) is 0 Å². The molecule has 118 valence electrons. The van der Waals surface area contributed by atoms with Crippen LogP contribution in [0, 0.1) is 5.41 Å². The molecule has 1 aromatic rings. The number of hydrogen-bond donors (Lipinski definition) is 2. The Kier molecular flexibility index (Phi) is 3.81. The fraction of sp³-hybridized carbons (Fsp3) is 0.529. The molecule has 0 aliphatic carbocycles. The van der Waals surface area contributed by atoms with Gasteiger partial charge < -0.3 is 10.2 Å². The van der Waals surface area contributed by atoms with Gasteiger partial charge >= 0.3 is 0 Å². The molecular weight excluding hydrogens is 276 g/mol. The molecule has 2 aliphatic heterocycles. The number of nitrogens with zero attached hydrogens (tertiary/aromatic N) is 2. The molecular formula is C17H24N4O. The maximum Gasteiger partial charge on any atom is 0.231 e. The topological polar surface area (TPSA) is 59.4 Å². The van der Waals surface area contributed by atoms with Gasteiger partial charge in [0, 0.05) is 25.8 Å². The van der Waals surface area contributed by atoms with Gasteiger partial charge in [0.25, 0.3) is 0 Å². The highest BCUT2D eigenvalue weighted by molar-refractivity contribution is 5.98. The quantitative estimate of drug-likeness (QED) is 0.881. The summed E-state index contributed by atoms with van der Waals surface area (Å²) in [6.45, 7) is 4.21. The standard InChI is InChI=1S/C17H24N4O/c1-17(12-15(22)20(2)16(18)19-17)13-7-6-8-14(11-13)21-9-4-3-5-10-21/h6-8,11H,3-5,9-10,12H2,1-2H3,(H2,18,19)/t17-/m0/s1. The van der Waals surface area contributed by atoms with Crippen molar-refractivity contribution in [2.24, 2.45) is 0 Å². The number of guanidine groups is 1. The van der Waals surface area contributed by atoms with Gasteiger partial charge in [-0.2, -0.15) is 0 Å². The summed E-state index contributed by atoms with van der Waals surface area (Å²) in [5.74, 6) is 0.150. The zero-order valence-electron chi connectivity index (χ0n) is 13.4. The lowest BCUT2D eigenvalue weighted by Gasteiger charge is -2.40. The Bertz CT molecular complexity index is 574. The predicted octanol–water partition coefficient (Wildman–Crippen LogP) is 2.28. The van der Waals surface area contributed by atoms with Crippen molar-refractivity contribution in [1.82, 2.24) is 10.2 Å². The SMILES string of the molecule is CN1C(=N)N[C@](C)(c2cccc(N3CCCCC3)c2)CC1=O. The molecule has 0 spiro atoms. The first kappa shape index (κ1) is 14.9. The van der Waals surface area contributed by atoms with E-state index in [1.165, 1.54) is 29.8 Å². The summed E-state index contributed by atoms with van der Waals surface area (Å²) < 4.78 is 0. The molecule has 5 nitrogen and oxygen atoms in total. The molecule has 5 heteroatoms. The average molecular weight is 300 g/mol. The van der Waals surface area contributed by atoms with E-state index in [4.69, 9.17) is 5.41 Å². The van der Waals surface area contributed by atoms with Crippen LogP contribution in [-0.4, -0.2) is 36.9 Å². The van der Waals surface area contributed by atoms with Crippen LogP contribution >= 0.6 is 0 Å². The molecule has 3 rings (SSSR count). The molecule has 0 aromatic heterocycles. The molecule has 2 aliphatic rings. The minimum atomic E-state index is -0.507. The molecule has 2 fully saturated rings. The van der Waals surface area contributed by atoms with Crippen molar-refractivity contribution in [2.45, 2.75) is 38.1 Å². The van der Waals surface area contributed by atoms with Crippen molar-refractivity contribution in [3.05, 3.63) is 29.8 Å². The summed E-state index contributed by atoms with van der Waals surface area (Å²) >= 11 is 0.